The molecule has 0 aromatic carbocycles. The van der Waals surface area contributed by atoms with Crippen LogP contribution in [0.1, 0.15) is 28.9 Å². The minimum atomic E-state index is 0.137. The van der Waals surface area contributed by atoms with Gasteiger partial charge in [-0.25, -0.2) is 9.97 Å². The molecule has 26 heavy (non-hydrogen) atoms. The van der Waals surface area contributed by atoms with Gasteiger partial charge in [0.15, 0.2) is 5.82 Å². The third-order valence-electron chi connectivity index (χ3n) is 4.86. The summed E-state index contributed by atoms with van der Waals surface area (Å²) in [5.74, 6) is 1.41. The number of aromatic nitrogens is 4. The first-order valence-electron chi connectivity index (χ1n) is 8.59. The zero-order valence-corrected chi connectivity index (χ0v) is 15.5. The zero-order valence-electron chi connectivity index (χ0n) is 15.5. The fourth-order valence-corrected chi connectivity index (χ4v) is 3.20. The lowest BCUT2D eigenvalue weighted by Gasteiger charge is -2.26. The Morgan fingerprint density at radius 3 is 2.81 bits per heavy atom. The first kappa shape index (κ1) is 18.0. The van der Waals surface area contributed by atoms with Gasteiger partial charge in [-0.3, -0.25) is 0 Å². The molecule has 0 unspecified atom stereocenters. The maximum atomic E-state index is 9.45. The molecular weight excluding hydrogens is 330 g/mol. The molecule has 0 spiro atoms. The molecule has 0 radical (unpaired) electrons. The van der Waals surface area contributed by atoms with Gasteiger partial charge in [-0.2, -0.15) is 10.4 Å². The van der Waals surface area contributed by atoms with Crippen molar-refractivity contribution in [3.05, 3.63) is 34.9 Å². The molecule has 2 atom stereocenters. The molecule has 0 aliphatic carbocycles. The molecule has 0 bridgehead atoms. The summed E-state index contributed by atoms with van der Waals surface area (Å²) < 4.78 is 5.56. The van der Waals surface area contributed by atoms with E-state index >= 15 is 0 Å². The van der Waals surface area contributed by atoms with Crippen molar-refractivity contribution < 1.29 is 4.74 Å². The lowest BCUT2D eigenvalue weighted by Crippen LogP contribution is -2.36. The maximum Gasteiger partial charge on any atom is 0.167 e. The van der Waals surface area contributed by atoms with Gasteiger partial charge in [0.25, 0.3) is 0 Å². The largest absolute Gasteiger partial charge is 0.380 e. The van der Waals surface area contributed by atoms with E-state index in [1.165, 1.54) is 0 Å². The number of aryl methyl sites for hydroxylation is 2. The van der Waals surface area contributed by atoms with Gasteiger partial charge in [0.2, 0.25) is 0 Å². The quantitative estimate of drug-likeness (QED) is 0.868. The van der Waals surface area contributed by atoms with Gasteiger partial charge >= 0.3 is 0 Å². The molecule has 1 aliphatic heterocycles. The molecule has 136 valence electrons. The number of nitrogens with zero attached hydrogens (tertiary/aromatic N) is 6. The summed E-state index contributed by atoms with van der Waals surface area (Å²) in [5, 5.41) is 21.0. The van der Waals surface area contributed by atoms with Gasteiger partial charge < -0.3 is 15.0 Å². The summed E-state index contributed by atoms with van der Waals surface area (Å²) in [6.45, 7) is 7.08. The molecule has 2 aromatic heterocycles. The maximum absolute atomic E-state index is 9.45. The number of rotatable bonds is 5. The van der Waals surface area contributed by atoms with Crippen molar-refractivity contribution in [2.75, 3.05) is 30.4 Å². The minimum absolute atomic E-state index is 0.137. The highest BCUT2D eigenvalue weighted by atomic mass is 16.5. The zero-order chi connectivity index (χ0) is 18.7. The lowest BCUT2D eigenvalue weighted by atomic mass is 10.1. The van der Waals surface area contributed by atoms with Crippen molar-refractivity contribution in [1.29, 1.82) is 5.26 Å². The molecule has 1 N–H and O–H groups in total. The molecular formula is C18H23N7O. The van der Waals surface area contributed by atoms with Crippen LogP contribution >= 0.6 is 0 Å². The average molecular weight is 353 g/mol. The van der Waals surface area contributed by atoms with E-state index in [4.69, 9.17) is 4.74 Å². The van der Waals surface area contributed by atoms with Crippen molar-refractivity contribution in [2.24, 2.45) is 0 Å². The Morgan fingerprint density at radius 2 is 2.12 bits per heavy atom. The van der Waals surface area contributed by atoms with E-state index in [9.17, 15) is 5.26 Å². The summed E-state index contributed by atoms with van der Waals surface area (Å²) in [4.78, 5) is 10.8. The van der Waals surface area contributed by atoms with Crippen LogP contribution in [0.2, 0.25) is 0 Å². The number of nitrogens with one attached hydrogen (secondary N) is 1. The molecule has 3 rings (SSSR count). The lowest BCUT2D eigenvalue weighted by molar-refractivity contribution is 0.118. The number of ether oxygens (including phenoxy) is 1. The molecule has 0 saturated carbocycles. The third-order valence-corrected chi connectivity index (χ3v) is 4.86. The van der Waals surface area contributed by atoms with Gasteiger partial charge in [-0.1, -0.05) is 0 Å². The summed E-state index contributed by atoms with van der Waals surface area (Å²) in [5.41, 5.74) is 3.09. The van der Waals surface area contributed by atoms with Gasteiger partial charge in [-0.15, -0.1) is 5.10 Å². The van der Waals surface area contributed by atoms with E-state index < -0.39 is 0 Å². The van der Waals surface area contributed by atoms with Crippen molar-refractivity contribution in [1.82, 2.24) is 20.2 Å². The number of methoxy groups -OCH3 is 1. The first-order chi connectivity index (χ1) is 12.5. The Hall–Kier alpha value is -2.79. The van der Waals surface area contributed by atoms with Crippen LogP contribution in [0.3, 0.4) is 0 Å². The predicted octanol–water partition coefficient (Wildman–Crippen LogP) is 1.77. The Kier molecular flexibility index (Phi) is 5.28. The van der Waals surface area contributed by atoms with Crippen LogP contribution < -0.4 is 10.2 Å². The van der Waals surface area contributed by atoms with Crippen LogP contribution in [0, 0.1) is 32.1 Å². The van der Waals surface area contributed by atoms with Crippen LogP contribution in [-0.2, 0) is 4.74 Å². The van der Waals surface area contributed by atoms with Gasteiger partial charge in [0, 0.05) is 32.0 Å². The third kappa shape index (κ3) is 3.58. The SMILES string of the molecule is CO[C@H]1C[C@@H](CNc2nnc(C)c(C)c2C#N)N(c2cc(C)ncn2)C1. The van der Waals surface area contributed by atoms with Crippen molar-refractivity contribution in [3.8, 4) is 6.07 Å². The first-order valence-corrected chi connectivity index (χ1v) is 8.59. The number of nitriles is 1. The number of anilines is 2. The number of hydrogen-bond donors (Lipinski definition) is 1. The van der Waals surface area contributed by atoms with E-state index in [0.717, 1.165) is 35.7 Å². The van der Waals surface area contributed by atoms with E-state index in [1.807, 2.05) is 26.8 Å². The second-order valence-corrected chi connectivity index (χ2v) is 6.54. The van der Waals surface area contributed by atoms with Crippen molar-refractivity contribution >= 4 is 11.6 Å². The molecule has 1 saturated heterocycles. The van der Waals surface area contributed by atoms with Gasteiger partial charge in [-0.05, 0) is 32.8 Å². The van der Waals surface area contributed by atoms with Crippen molar-refractivity contribution in [2.45, 2.75) is 39.3 Å². The average Bonchev–Trinajstić information content (AvgIpc) is 3.06. The van der Waals surface area contributed by atoms with Crippen molar-refractivity contribution in [3.63, 3.8) is 0 Å². The fourth-order valence-electron chi connectivity index (χ4n) is 3.20. The highest BCUT2D eigenvalue weighted by Crippen LogP contribution is 2.26. The highest BCUT2D eigenvalue weighted by molar-refractivity contribution is 5.56. The predicted molar refractivity (Wildman–Crippen MR) is 98.0 cm³/mol. The fraction of sp³-hybridized carbons (Fsp3) is 0.500. The van der Waals surface area contributed by atoms with Gasteiger partial charge in [0.05, 0.1) is 17.8 Å². The molecule has 3 heterocycles. The summed E-state index contributed by atoms with van der Waals surface area (Å²) >= 11 is 0. The summed E-state index contributed by atoms with van der Waals surface area (Å²) in [6, 6.07) is 4.37. The van der Waals surface area contributed by atoms with E-state index in [0.29, 0.717) is 17.9 Å². The molecule has 8 nitrogen and oxygen atoms in total. The molecule has 0 amide bonds. The summed E-state index contributed by atoms with van der Waals surface area (Å²) in [7, 11) is 1.73. The molecule has 1 aliphatic rings. The van der Waals surface area contributed by atoms with Crippen LogP contribution in [0.15, 0.2) is 12.4 Å². The van der Waals surface area contributed by atoms with E-state index in [1.54, 1.807) is 13.4 Å². The van der Waals surface area contributed by atoms with Crippen LogP contribution in [0.25, 0.3) is 0 Å². The summed E-state index contributed by atoms with van der Waals surface area (Å²) in [6.07, 6.45) is 2.59. The molecule has 8 heteroatoms. The van der Waals surface area contributed by atoms with Crippen LogP contribution in [0.5, 0.6) is 0 Å². The Balaban J connectivity index is 1.79. The Bertz CT molecular complexity index is 833. The number of hydrogen-bond acceptors (Lipinski definition) is 8. The monoisotopic (exact) mass is 353 g/mol. The molecule has 2 aromatic rings. The topological polar surface area (TPSA) is 99.8 Å². The second-order valence-electron chi connectivity index (χ2n) is 6.54. The smallest absolute Gasteiger partial charge is 0.167 e. The molecule has 1 fully saturated rings. The van der Waals surface area contributed by atoms with Crippen LogP contribution in [0.4, 0.5) is 11.6 Å². The van der Waals surface area contributed by atoms with Gasteiger partial charge in [0.1, 0.15) is 23.8 Å². The Labute approximate surface area is 153 Å². The normalized spacial score (nSPS) is 19.4. The Morgan fingerprint density at radius 1 is 1.31 bits per heavy atom. The van der Waals surface area contributed by atoms with Crippen LogP contribution in [-0.4, -0.2) is 52.5 Å². The van der Waals surface area contributed by atoms with E-state index in [-0.39, 0.29) is 12.1 Å². The second kappa shape index (κ2) is 7.62. The van der Waals surface area contributed by atoms with E-state index in [2.05, 4.69) is 36.5 Å². The standard InChI is InChI=1S/C18H23N7O/c1-11-5-17(22-10-21-11)25-9-15(26-4)6-14(25)8-20-18-16(7-19)12(2)13(3)23-24-18/h5,10,14-15H,6,8-9H2,1-4H3,(H,20,24)/t14-,15-/m0/s1. The minimum Gasteiger partial charge on any atom is -0.380 e. The highest BCUT2D eigenvalue weighted by Gasteiger charge is 2.33.